The number of nitrogen functional groups attached to an aromatic ring is 1. The molecular formula is C15H27N5O. The van der Waals surface area contributed by atoms with Gasteiger partial charge in [-0.2, -0.15) is 4.98 Å². The molecule has 6 heteroatoms. The number of anilines is 2. The van der Waals surface area contributed by atoms with E-state index >= 15 is 0 Å². The molecule has 118 valence electrons. The molecule has 1 aromatic rings. The Kier molecular flexibility index (Phi) is 5.76. The Morgan fingerprint density at radius 2 is 2.14 bits per heavy atom. The number of ether oxygens (including phenoxy) is 1. The second kappa shape index (κ2) is 7.56. The van der Waals surface area contributed by atoms with Gasteiger partial charge in [-0.15, -0.1) is 0 Å². The number of rotatable bonds is 6. The summed E-state index contributed by atoms with van der Waals surface area (Å²) in [6, 6.07) is 2.55. The number of hydrogen-bond acceptors (Lipinski definition) is 6. The van der Waals surface area contributed by atoms with Crippen LogP contribution < -0.4 is 10.6 Å². The van der Waals surface area contributed by atoms with Crippen LogP contribution in [0.1, 0.15) is 26.0 Å². The number of aromatic nitrogens is 2. The van der Waals surface area contributed by atoms with Crippen molar-refractivity contribution in [3.05, 3.63) is 11.8 Å². The summed E-state index contributed by atoms with van der Waals surface area (Å²) >= 11 is 0. The van der Waals surface area contributed by atoms with Gasteiger partial charge in [-0.05, 0) is 20.3 Å². The fourth-order valence-electron chi connectivity index (χ4n) is 2.85. The van der Waals surface area contributed by atoms with Gasteiger partial charge in [0.1, 0.15) is 5.82 Å². The van der Waals surface area contributed by atoms with Crippen molar-refractivity contribution in [3.63, 3.8) is 0 Å². The SMILES string of the molecule is CCOCCN1CCN(c2cc(C)nc(N)n2)C[C@H]1CC. The molecule has 1 aliphatic rings. The molecule has 2 heterocycles. The highest BCUT2D eigenvalue weighted by Gasteiger charge is 2.26. The van der Waals surface area contributed by atoms with E-state index in [2.05, 4.69) is 26.7 Å². The first-order valence-electron chi connectivity index (χ1n) is 7.82. The summed E-state index contributed by atoms with van der Waals surface area (Å²) < 4.78 is 5.48. The quantitative estimate of drug-likeness (QED) is 0.798. The minimum absolute atomic E-state index is 0.358. The van der Waals surface area contributed by atoms with Gasteiger partial charge in [0, 0.05) is 50.6 Å². The lowest BCUT2D eigenvalue weighted by Gasteiger charge is -2.41. The molecule has 1 aromatic heterocycles. The van der Waals surface area contributed by atoms with E-state index in [0.29, 0.717) is 12.0 Å². The Balaban J connectivity index is 1.99. The summed E-state index contributed by atoms with van der Waals surface area (Å²) in [6.45, 7) is 11.8. The van der Waals surface area contributed by atoms with E-state index in [1.165, 1.54) is 0 Å². The Labute approximate surface area is 127 Å². The van der Waals surface area contributed by atoms with Crippen LogP contribution in [0.5, 0.6) is 0 Å². The second-order valence-corrected chi connectivity index (χ2v) is 5.47. The van der Waals surface area contributed by atoms with Crippen molar-refractivity contribution >= 4 is 11.8 Å². The van der Waals surface area contributed by atoms with Crippen LogP contribution in [-0.2, 0) is 4.74 Å². The average molecular weight is 293 g/mol. The molecule has 0 aromatic carbocycles. The van der Waals surface area contributed by atoms with Crippen LogP contribution in [0.2, 0.25) is 0 Å². The number of aryl methyl sites for hydroxylation is 1. The lowest BCUT2D eigenvalue weighted by atomic mass is 10.1. The number of nitrogens with zero attached hydrogens (tertiary/aromatic N) is 4. The summed E-state index contributed by atoms with van der Waals surface area (Å²) in [5, 5.41) is 0. The van der Waals surface area contributed by atoms with Gasteiger partial charge in [0.2, 0.25) is 5.95 Å². The minimum Gasteiger partial charge on any atom is -0.380 e. The maximum atomic E-state index is 5.77. The molecule has 0 saturated carbocycles. The lowest BCUT2D eigenvalue weighted by Crippen LogP contribution is -2.54. The van der Waals surface area contributed by atoms with E-state index in [1.807, 2.05) is 19.9 Å². The third kappa shape index (κ3) is 4.28. The zero-order chi connectivity index (χ0) is 15.2. The Morgan fingerprint density at radius 1 is 1.33 bits per heavy atom. The van der Waals surface area contributed by atoms with Crippen molar-refractivity contribution in [3.8, 4) is 0 Å². The first kappa shape index (κ1) is 16.0. The van der Waals surface area contributed by atoms with Crippen LogP contribution in [0.15, 0.2) is 6.07 Å². The van der Waals surface area contributed by atoms with E-state index in [1.54, 1.807) is 0 Å². The highest BCUT2D eigenvalue weighted by molar-refractivity contribution is 5.44. The van der Waals surface area contributed by atoms with Gasteiger partial charge in [-0.3, -0.25) is 4.90 Å². The third-order valence-corrected chi connectivity index (χ3v) is 3.98. The van der Waals surface area contributed by atoms with Gasteiger partial charge < -0.3 is 15.4 Å². The van der Waals surface area contributed by atoms with Gasteiger partial charge in [0.15, 0.2) is 0 Å². The Hall–Kier alpha value is -1.40. The molecule has 0 amide bonds. The summed E-state index contributed by atoms with van der Waals surface area (Å²) in [5.74, 6) is 1.31. The molecule has 2 rings (SSSR count). The summed E-state index contributed by atoms with van der Waals surface area (Å²) in [4.78, 5) is 13.4. The first-order chi connectivity index (χ1) is 10.1. The molecular weight excluding hydrogens is 266 g/mol. The molecule has 0 bridgehead atoms. The van der Waals surface area contributed by atoms with Crippen LogP contribution in [0.4, 0.5) is 11.8 Å². The van der Waals surface area contributed by atoms with Gasteiger partial charge >= 0.3 is 0 Å². The fraction of sp³-hybridized carbons (Fsp3) is 0.733. The van der Waals surface area contributed by atoms with E-state index in [4.69, 9.17) is 10.5 Å². The molecule has 1 aliphatic heterocycles. The predicted molar refractivity (Wildman–Crippen MR) is 85.5 cm³/mol. The van der Waals surface area contributed by atoms with Gasteiger partial charge in [-0.25, -0.2) is 4.98 Å². The predicted octanol–water partition coefficient (Wildman–Crippen LogP) is 1.30. The van der Waals surface area contributed by atoms with Crippen LogP contribution in [-0.4, -0.2) is 60.3 Å². The van der Waals surface area contributed by atoms with E-state index < -0.39 is 0 Å². The van der Waals surface area contributed by atoms with Gasteiger partial charge in [-0.1, -0.05) is 6.92 Å². The van der Waals surface area contributed by atoms with E-state index in [9.17, 15) is 0 Å². The minimum atomic E-state index is 0.358. The molecule has 21 heavy (non-hydrogen) atoms. The van der Waals surface area contributed by atoms with Crippen molar-refractivity contribution in [1.29, 1.82) is 0 Å². The lowest BCUT2D eigenvalue weighted by molar-refractivity contribution is 0.0869. The smallest absolute Gasteiger partial charge is 0.222 e. The van der Waals surface area contributed by atoms with Gasteiger partial charge in [0.05, 0.1) is 6.61 Å². The standard InChI is InChI=1S/C15H27N5O/c1-4-13-11-20(7-6-19(13)8-9-21-5-2)14-10-12(3)17-15(16)18-14/h10,13H,4-9,11H2,1-3H3,(H2,16,17,18)/t13-/m1/s1. The molecule has 2 N–H and O–H groups in total. The highest BCUT2D eigenvalue weighted by Crippen LogP contribution is 2.20. The monoisotopic (exact) mass is 293 g/mol. The largest absolute Gasteiger partial charge is 0.380 e. The molecule has 1 saturated heterocycles. The van der Waals surface area contributed by atoms with Crippen LogP contribution in [0, 0.1) is 6.92 Å². The van der Waals surface area contributed by atoms with Crippen molar-refractivity contribution in [1.82, 2.24) is 14.9 Å². The summed E-state index contributed by atoms with van der Waals surface area (Å²) in [6.07, 6.45) is 1.13. The first-order valence-corrected chi connectivity index (χ1v) is 7.82. The highest BCUT2D eigenvalue weighted by atomic mass is 16.5. The van der Waals surface area contributed by atoms with Crippen LogP contribution in [0.3, 0.4) is 0 Å². The number of hydrogen-bond donors (Lipinski definition) is 1. The normalized spacial score (nSPS) is 20.0. The number of piperazine rings is 1. The fourth-order valence-corrected chi connectivity index (χ4v) is 2.85. The second-order valence-electron chi connectivity index (χ2n) is 5.47. The van der Waals surface area contributed by atoms with Gasteiger partial charge in [0.25, 0.3) is 0 Å². The third-order valence-electron chi connectivity index (χ3n) is 3.98. The molecule has 0 radical (unpaired) electrons. The maximum Gasteiger partial charge on any atom is 0.222 e. The van der Waals surface area contributed by atoms with E-state index in [-0.39, 0.29) is 0 Å². The zero-order valence-electron chi connectivity index (χ0n) is 13.4. The van der Waals surface area contributed by atoms with Crippen molar-refractivity contribution < 1.29 is 4.74 Å². The molecule has 1 atom stereocenters. The maximum absolute atomic E-state index is 5.77. The molecule has 0 spiro atoms. The zero-order valence-corrected chi connectivity index (χ0v) is 13.4. The van der Waals surface area contributed by atoms with Crippen LogP contribution >= 0.6 is 0 Å². The number of nitrogens with two attached hydrogens (primary N) is 1. The topological polar surface area (TPSA) is 67.5 Å². The van der Waals surface area contributed by atoms with Crippen molar-refractivity contribution in [2.45, 2.75) is 33.2 Å². The summed E-state index contributed by atoms with van der Waals surface area (Å²) in [7, 11) is 0. The molecule has 0 unspecified atom stereocenters. The van der Waals surface area contributed by atoms with Crippen molar-refractivity contribution in [2.75, 3.05) is 50.0 Å². The Bertz CT molecular complexity index is 433. The average Bonchev–Trinajstić information content (AvgIpc) is 2.46. The Morgan fingerprint density at radius 3 is 2.81 bits per heavy atom. The van der Waals surface area contributed by atoms with Crippen LogP contribution in [0.25, 0.3) is 0 Å². The van der Waals surface area contributed by atoms with Crippen molar-refractivity contribution in [2.24, 2.45) is 0 Å². The molecule has 6 nitrogen and oxygen atoms in total. The summed E-state index contributed by atoms with van der Waals surface area (Å²) in [5.41, 5.74) is 6.69. The van der Waals surface area contributed by atoms with E-state index in [0.717, 1.165) is 57.3 Å². The molecule has 1 fully saturated rings. The molecule has 0 aliphatic carbocycles.